The number of rotatable bonds is 10. The van der Waals surface area contributed by atoms with Crippen molar-refractivity contribution >= 4 is 0 Å². The lowest BCUT2D eigenvalue weighted by molar-refractivity contribution is 0.0702. The summed E-state index contributed by atoms with van der Waals surface area (Å²) in [5.41, 5.74) is -1.60. The van der Waals surface area contributed by atoms with Crippen molar-refractivity contribution in [3.8, 4) is 11.5 Å². The quantitative estimate of drug-likeness (QED) is 0.391. The van der Waals surface area contributed by atoms with Crippen molar-refractivity contribution in [2.45, 2.75) is 84.2 Å². The molecule has 0 saturated carbocycles. The second-order valence-corrected chi connectivity index (χ2v) is 10.8. The number of hydrogen-bond acceptors (Lipinski definition) is 6. The van der Waals surface area contributed by atoms with E-state index < -0.39 is 22.4 Å². The third kappa shape index (κ3) is 8.00. The number of hydrogen-bond donors (Lipinski definition) is 4. The fraction of sp³-hybridized carbons (Fsp3) is 0.556. The van der Waals surface area contributed by atoms with Gasteiger partial charge in [0.05, 0.1) is 35.6 Å². The first-order valence-electron chi connectivity index (χ1n) is 11.3. The van der Waals surface area contributed by atoms with Gasteiger partial charge in [-0.2, -0.15) is 0 Å². The smallest absolute Gasteiger partial charge is 0.120 e. The highest BCUT2D eigenvalue weighted by molar-refractivity contribution is 5.40. The van der Waals surface area contributed by atoms with Crippen molar-refractivity contribution in [3.63, 3.8) is 0 Å². The molecular formula is C27H40O6. The maximum atomic E-state index is 10.4. The fourth-order valence-electron chi connectivity index (χ4n) is 3.22. The van der Waals surface area contributed by atoms with Crippen molar-refractivity contribution in [2.75, 3.05) is 13.2 Å². The summed E-state index contributed by atoms with van der Waals surface area (Å²) in [4.78, 5) is 0. The van der Waals surface area contributed by atoms with Gasteiger partial charge >= 0.3 is 0 Å². The summed E-state index contributed by atoms with van der Waals surface area (Å²) in [7, 11) is 0. The highest BCUT2D eigenvalue weighted by Crippen LogP contribution is 2.32. The average Bonchev–Trinajstić information content (AvgIpc) is 2.64. The molecule has 0 saturated heterocycles. The van der Waals surface area contributed by atoms with Crippen LogP contribution < -0.4 is 9.47 Å². The molecule has 0 fully saturated rings. The Bertz CT molecular complexity index is 795. The highest BCUT2D eigenvalue weighted by atomic mass is 16.5. The topological polar surface area (TPSA) is 99.4 Å². The minimum atomic E-state index is -1.06. The van der Waals surface area contributed by atoms with Crippen LogP contribution in [0.4, 0.5) is 0 Å². The van der Waals surface area contributed by atoms with Crippen LogP contribution in [0.3, 0.4) is 0 Å². The van der Waals surface area contributed by atoms with E-state index in [0.29, 0.717) is 53.4 Å². The molecule has 184 valence electrons. The van der Waals surface area contributed by atoms with Gasteiger partial charge in [0.2, 0.25) is 0 Å². The normalized spacial score (nSPS) is 13.2. The molecule has 33 heavy (non-hydrogen) atoms. The van der Waals surface area contributed by atoms with Gasteiger partial charge in [-0.1, -0.05) is 0 Å². The summed E-state index contributed by atoms with van der Waals surface area (Å²) in [6, 6.07) is 10.7. The van der Waals surface area contributed by atoms with Gasteiger partial charge in [-0.05, 0) is 114 Å². The Morgan fingerprint density at radius 1 is 0.485 bits per heavy atom. The lowest BCUT2D eigenvalue weighted by Crippen LogP contribution is -2.21. The second kappa shape index (κ2) is 9.63. The molecule has 0 amide bonds. The van der Waals surface area contributed by atoms with Crippen molar-refractivity contribution < 1.29 is 29.9 Å². The molecule has 0 heterocycles. The van der Waals surface area contributed by atoms with Crippen LogP contribution in [-0.2, 0) is 22.4 Å². The molecule has 6 heteroatoms. The molecule has 0 aliphatic rings. The summed E-state index contributed by atoms with van der Waals surface area (Å²) in [5, 5.41) is 41.6. The average molecular weight is 461 g/mol. The van der Waals surface area contributed by atoms with Gasteiger partial charge in [0, 0.05) is 6.42 Å². The van der Waals surface area contributed by atoms with Gasteiger partial charge in [-0.25, -0.2) is 0 Å². The summed E-state index contributed by atoms with van der Waals surface area (Å²) in [5.74, 6) is 1.14. The SMILES string of the molecule is CC(C)(O)c1cc(OCCCOc2cc(C(C)(C)O)cc(C(C)(C)O)c2)cc(C(C)(C)O)c1. The van der Waals surface area contributed by atoms with Crippen molar-refractivity contribution in [2.24, 2.45) is 0 Å². The summed E-state index contributed by atoms with van der Waals surface area (Å²) in [6.07, 6.45) is 0.592. The van der Waals surface area contributed by atoms with Crippen molar-refractivity contribution in [1.82, 2.24) is 0 Å². The van der Waals surface area contributed by atoms with E-state index in [4.69, 9.17) is 9.47 Å². The van der Waals surface area contributed by atoms with E-state index in [-0.39, 0.29) is 0 Å². The van der Waals surface area contributed by atoms with E-state index in [1.54, 1.807) is 91.8 Å². The second-order valence-electron chi connectivity index (χ2n) is 10.8. The molecule has 0 bridgehead atoms. The number of benzene rings is 2. The molecule has 2 aromatic carbocycles. The Kier molecular flexibility index (Phi) is 7.91. The number of aliphatic hydroxyl groups is 4. The van der Waals surface area contributed by atoms with Gasteiger partial charge in [0.15, 0.2) is 0 Å². The van der Waals surface area contributed by atoms with Crippen LogP contribution in [0, 0.1) is 0 Å². The molecule has 0 aliphatic heterocycles. The zero-order chi connectivity index (χ0) is 25.2. The van der Waals surface area contributed by atoms with Crippen LogP contribution in [0.1, 0.15) is 84.1 Å². The Morgan fingerprint density at radius 2 is 0.727 bits per heavy atom. The molecule has 2 aromatic rings. The predicted molar refractivity (Wildman–Crippen MR) is 129 cm³/mol. The van der Waals surface area contributed by atoms with Gasteiger partial charge < -0.3 is 29.9 Å². The van der Waals surface area contributed by atoms with Crippen LogP contribution in [0.2, 0.25) is 0 Å². The van der Waals surface area contributed by atoms with Gasteiger partial charge in [-0.15, -0.1) is 0 Å². The van der Waals surface area contributed by atoms with Gasteiger partial charge in [-0.3, -0.25) is 0 Å². The van der Waals surface area contributed by atoms with E-state index in [0.717, 1.165) is 0 Å². The van der Waals surface area contributed by atoms with Crippen molar-refractivity contribution in [1.29, 1.82) is 0 Å². The van der Waals surface area contributed by atoms with Crippen LogP contribution >= 0.6 is 0 Å². The Hall–Kier alpha value is -2.12. The molecule has 0 aromatic heterocycles. The van der Waals surface area contributed by atoms with Gasteiger partial charge in [0.1, 0.15) is 11.5 Å². The molecule has 4 N–H and O–H groups in total. The lowest BCUT2D eigenvalue weighted by Gasteiger charge is -2.25. The maximum absolute atomic E-state index is 10.4. The zero-order valence-corrected chi connectivity index (χ0v) is 21.2. The molecular weight excluding hydrogens is 420 g/mol. The monoisotopic (exact) mass is 460 g/mol. The molecule has 0 radical (unpaired) electrons. The third-order valence-corrected chi connectivity index (χ3v) is 5.46. The van der Waals surface area contributed by atoms with E-state index in [2.05, 4.69) is 0 Å². The highest BCUT2D eigenvalue weighted by Gasteiger charge is 2.24. The summed E-state index contributed by atoms with van der Waals surface area (Å²) < 4.78 is 11.8. The summed E-state index contributed by atoms with van der Waals surface area (Å²) >= 11 is 0. The molecule has 0 atom stereocenters. The van der Waals surface area contributed by atoms with E-state index in [1.165, 1.54) is 0 Å². The Morgan fingerprint density at radius 3 is 0.939 bits per heavy atom. The van der Waals surface area contributed by atoms with E-state index in [9.17, 15) is 20.4 Å². The summed E-state index contributed by atoms with van der Waals surface area (Å²) in [6.45, 7) is 14.3. The van der Waals surface area contributed by atoms with E-state index >= 15 is 0 Å². The van der Waals surface area contributed by atoms with Crippen LogP contribution in [0.25, 0.3) is 0 Å². The van der Waals surface area contributed by atoms with Crippen LogP contribution in [0.5, 0.6) is 11.5 Å². The molecule has 6 nitrogen and oxygen atoms in total. The minimum absolute atomic E-state index is 0.379. The number of ether oxygens (including phenoxy) is 2. The van der Waals surface area contributed by atoms with E-state index in [1.807, 2.05) is 0 Å². The molecule has 0 aliphatic carbocycles. The third-order valence-electron chi connectivity index (χ3n) is 5.46. The molecule has 2 rings (SSSR count). The Balaban J connectivity index is 2.07. The lowest BCUT2D eigenvalue weighted by atomic mass is 9.90. The van der Waals surface area contributed by atoms with Gasteiger partial charge in [0.25, 0.3) is 0 Å². The maximum Gasteiger partial charge on any atom is 0.120 e. The zero-order valence-electron chi connectivity index (χ0n) is 21.2. The predicted octanol–water partition coefficient (Wildman–Crippen LogP) is 4.44. The fourth-order valence-corrected chi connectivity index (χ4v) is 3.22. The first kappa shape index (κ1) is 27.1. The van der Waals surface area contributed by atoms with Crippen LogP contribution in [0.15, 0.2) is 36.4 Å². The largest absolute Gasteiger partial charge is 0.493 e. The first-order chi connectivity index (χ1) is 14.9. The van der Waals surface area contributed by atoms with Crippen molar-refractivity contribution in [3.05, 3.63) is 58.7 Å². The Labute approximate surface area is 197 Å². The molecule has 0 spiro atoms. The molecule has 0 unspecified atom stereocenters. The first-order valence-corrected chi connectivity index (χ1v) is 11.3. The van der Waals surface area contributed by atoms with Crippen LogP contribution in [-0.4, -0.2) is 33.6 Å². The minimum Gasteiger partial charge on any atom is -0.493 e. The standard InChI is InChI=1S/C27H40O6/c1-24(2,28)18-12-19(25(3,4)29)15-22(14-18)32-10-9-11-33-23-16-20(26(5,6)30)13-21(17-23)27(7,8)31/h12-17,28-31H,9-11H2,1-8H3.